The summed E-state index contributed by atoms with van der Waals surface area (Å²) >= 11 is 0. The minimum absolute atomic E-state index is 0.0944. The number of rotatable bonds is 7. The van der Waals surface area contributed by atoms with Crippen LogP contribution in [0.15, 0.2) is 23.4 Å². The Bertz CT molecular complexity index is 521. The van der Waals surface area contributed by atoms with Crippen LogP contribution in [0.5, 0.6) is 0 Å². The monoisotopic (exact) mass is 283 g/mol. The molecule has 2 N–H and O–H groups in total. The Hall–Kier alpha value is -0.980. The summed E-state index contributed by atoms with van der Waals surface area (Å²) in [7, 11) is -3.47. The van der Waals surface area contributed by atoms with Gasteiger partial charge in [0.1, 0.15) is 0 Å². The highest BCUT2D eigenvalue weighted by Crippen LogP contribution is 2.44. The van der Waals surface area contributed by atoms with Crippen LogP contribution in [0.25, 0.3) is 0 Å². The minimum Gasteiger partial charge on any atom is -0.313 e. The molecule has 1 aliphatic rings. The van der Waals surface area contributed by atoms with Gasteiger partial charge in [0.2, 0.25) is 0 Å². The highest BCUT2D eigenvalue weighted by Gasteiger charge is 2.38. The maximum atomic E-state index is 12.0. The second-order valence-corrected chi connectivity index (χ2v) is 7.13. The summed E-state index contributed by atoms with van der Waals surface area (Å²) in [5.41, 5.74) is 1.13. The summed E-state index contributed by atoms with van der Waals surface area (Å²) in [6, 6.07) is 3.35. The number of sulfonamides is 1. The van der Waals surface area contributed by atoms with Gasteiger partial charge in [-0.1, -0.05) is 19.9 Å². The average molecular weight is 283 g/mol. The van der Waals surface area contributed by atoms with Crippen LogP contribution in [0.2, 0.25) is 0 Å². The predicted molar refractivity (Wildman–Crippen MR) is 74.1 cm³/mol. The molecule has 6 heteroatoms. The van der Waals surface area contributed by atoms with Crippen LogP contribution >= 0.6 is 0 Å². The van der Waals surface area contributed by atoms with E-state index in [-0.39, 0.29) is 10.4 Å². The Labute approximate surface area is 114 Å². The smallest absolute Gasteiger partial charge is 0.258 e. The van der Waals surface area contributed by atoms with E-state index in [0.717, 1.165) is 24.9 Å². The Morgan fingerprint density at radius 2 is 2.11 bits per heavy atom. The number of hydrogen-bond acceptors (Lipinski definition) is 4. The fraction of sp³-hybridized carbons (Fsp3) is 0.615. The number of nitrogens with zero attached hydrogens (tertiary/aromatic N) is 1. The van der Waals surface area contributed by atoms with Crippen molar-refractivity contribution in [2.45, 2.75) is 38.3 Å². The van der Waals surface area contributed by atoms with Crippen LogP contribution in [0.4, 0.5) is 0 Å². The van der Waals surface area contributed by atoms with Crippen molar-refractivity contribution >= 4 is 10.0 Å². The third-order valence-electron chi connectivity index (χ3n) is 3.44. The zero-order valence-corrected chi connectivity index (χ0v) is 12.3. The Morgan fingerprint density at radius 3 is 2.63 bits per heavy atom. The second kappa shape index (κ2) is 5.56. The standard InChI is InChI=1S/C13H21N3O2S/c1-3-14-8-11-4-5-12(15-9-11)19(17,18)16-10-13(2)6-7-13/h4-5,9,14,16H,3,6-8,10H2,1-2H3. The lowest BCUT2D eigenvalue weighted by molar-refractivity contribution is 0.528. The highest BCUT2D eigenvalue weighted by atomic mass is 32.2. The molecule has 0 radical (unpaired) electrons. The molecule has 5 nitrogen and oxygen atoms in total. The van der Waals surface area contributed by atoms with Crippen molar-refractivity contribution in [2.24, 2.45) is 5.41 Å². The molecule has 1 saturated carbocycles. The van der Waals surface area contributed by atoms with Gasteiger partial charge in [-0.2, -0.15) is 0 Å². The van der Waals surface area contributed by atoms with E-state index in [9.17, 15) is 8.42 Å². The first-order valence-corrected chi connectivity index (χ1v) is 8.09. The molecular weight excluding hydrogens is 262 g/mol. The third-order valence-corrected chi connectivity index (χ3v) is 4.76. The molecule has 0 aliphatic heterocycles. The first kappa shape index (κ1) is 14.4. The number of nitrogens with one attached hydrogen (secondary N) is 2. The molecule has 0 aromatic carbocycles. The lowest BCUT2D eigenvalue weighted by atomic mass is 10.2. The fourth-order valence-corrected chi connectivity index (χ4v) is 2.80. The second-order valence-electron chi connectivity index (χ2n) is 5.42. The molecule has 0 spiro atoms. The van der Waals surface area contributed by atoms with E-state index in [1.807, 2.05) is 6.92 Å². The van der Waals surface area contributed by atoms with Crippen LogP contribution in [0.3, 0.4) is 0 Å². The van der Waals surface area contributed by atoms with Crippen molar-refractivity contribution in [1.82, 2.24) is 15.0 Å². The van der Waals surface area contributed by atoms with Gasteiger partial charge in [-0.15, -0.1) is 0 Å². The van der Waals surface area contributed by atoms with Gasteiger partial charge in [-0.05, 0) is 36.4 Å². The molecule has 0 saturated heterocycles. The third kappa shape index (κ3) is 3.99. The first-order valence-electron chi connectivity index (χ1n) is 6.60. The van der Waals surface area contributed by atoms with Crippen LogP contribution in [0.1, 0.15) is 32.3 Å². The van der Waals surface area contributed by atoms with E-state index >= 15 is 0 Å². The van der Waals surface area contributed by atoms with Crippen molar-refractivity contribution in [1.29, 1.82) is 0 Å². The molecule has 106 valence electrons. The van der Waals surface area contributed by atoms with Crippen molar-refractivity contribution in [3.63, 3.8) is 0 Å². The van der Waals surface area contributed by atoms with E-state index in [0.29, 0.717) is 13.1 Å². The normalized spacial score (nSPS) is 17.4. The topological polar surface area (TPSA) is 71.1 Å². The highest BCUT2D eigenvalue weighted by molar-refractivity contribution is 7.89. The molecule has 0 bridgehead atoms. The fourth-order valence-electron chi connectivity index (χ4n) is 1.68. The van der Waals surface area contributed by atoms with Gasteiger partial charge in [-0.25, -0.2) is 18.1 Å². The van der Waals surface area contributed by atoms with Gasteiger partial charge in [0, 0.05) is 19.3 Å². The number of pyridine rings is 1. The zero-order valence-electron chi connectivity index (χ0n) is 11.4. The van der Waals surface area contributed by atoms with Crippen LogP contribution in [-0.4, -0.2) is 26.5 Å². The summed E-state index contributed by atoms with van der Waals surface area (Å²) in [4.78, 5) is 4.03. The van der Waals surface area contributed by atoms with E-state index in [2.05, 4.69) is 21.9 Å². The SMILES string of the molecule is CCNCc1ccc(S(=O)(=O)NCC2(C)CC2)nc1. The summed E-state index contributed by atoms with van der Waals surface area (Å²) in [5, 5.41) is 3.27. The van der Waals surface area contributed by atoms with E-state index in [4.69, 9.17) is 0 Å². The lowest BCUT2D eigenvalue weighted by Gasteiger charge is -2.10. The molecule has 0 atom stereocenters. The quantitative estimate of drug-likeness (QED) is 0.790. The molecule has 1 aromatic heterocycles. The van der Waals surface area contributed by atoms with Gasteiger partial charge < -0.3 is 5.32 Å². The molecule has 1 fully saturated rings. The summed E-state index contributed by atoms with van der Waals surface area (Å²) in [5.74, 6) is 0. The summed E-state index contributed by atoms with van der Waals surface area (Å²) in [6.45, 7) is 6.18. The van der Waals surface area contributed by atoms with E-state index in [1.54, 1.807) is 18.3 Å². The first-order chi connectivity index (χ1) is 8.95. The number of aromatic nitrogens is 1. The van der Waals surface area contributed by atoms with Crippen molar-refractivity contribution in [3.05, 3.63) is 23.9 Å². The Morgan fingerprint density at radius 1 is 1.37 bits per heavy atom. The average Bonchev–Trinajstić information content (AvgIpc) is 3.13. The Kier molecular flexibility index (Phi) is 4.23. The lowest BCUT2D eigenvalue weighted by Crippen LogP contribution is -2.29. The van der Waals surface area contributed by atoms with Crippen molar-refractivity contribution < 1.29 is 8.42 Å². The zero-order chi connectivity index (χ0) is 13.9. The van der Waals surface area contributed by atoms with E-state index < -0.39 is 10.0 Å². The molecule has 2 rings (SSSR count). The molecule has 0 unspecified atom stereocenters. The van der Waals surface area contributed by atoms with Gasteiger partial charge in [0.25, 0.3) is 10.0 Å². The molecule has 19 heavy (non-hydrogen) atoms. The minimum atomic E-state index is -3.47. The van der Waals surface area contributed by atoms with Gasteiger partial charge >= 0.3 is 0 Å². The van der Waals surface area contributed by atoms with Crippen molar-refractivity contribution in [3.8, 4) is 0 Å². The molecule has 0 amide bonds. The molecule has 1 heterocycles. The number of hydrogen-bond donors (Lipinski definition) is 2. The van der Waals surface area contributed by atoms with E-state index in [1.165, 1.54) is 0 Å². The van der Waals surface area contributed by atoms with Gasteiger partial charge in [-0.3, -0.25) is 0 Å². The predicted octanol–water partition coefficient (Wildman–Crippen LogP) is 1.27. The summed E-state index contributed by atoms with van der Waals surface area (Å²) < 4.78 is 26.7. The van der Waals surface area contributed by atoms with Crippen LogP contribution < -0.4 is 10.0 Å². The summed E-state index contributed by atoms with van der Waals surface area (Å²) in [6.07, 6.45) is 3.78. The Balaban J connectivity index is 1.99. The maximum absolute atomic E-state index is 12.0. The molecule has 1 aliphatic carbocycles. The van der Waals surface area contributed by atoms with Crippen molar-refractivity contribution in [2.75, 3.05) is 13.1 Å². The van der Waals surface area contributed by atoms with Gasteiger partial charge in [0.15, 0.2) is 5.03 Å². The van der Waals surface area contributed by atoms with Gasteiger partial charge in [0.05, 0.1) is 0 Å². The van der Waals surface area contributed by atoms with Crippen LogP contribution in [-0.2, 0) is 16.6 Å². The maximum Gasteiger partial charge on any atom is 0.258 e. The molecule has 1 aromatic rings. The van der Waals surface area contributed by atoms with Crippen LogP contribution in [0, 0.1) is 5.41 Å². The largest absolute Gasteiger partial charge is 0.313 e. The molecular formula is C13H21N3O2S.